The zero-order valence-electron chi connectivity index (χ0n) is 12.4. The van der Waals surface area contributed by atoms with Crippen molar-refractivity contribution in [2.45, 2.75) is 44.9 Å². The van der Waals surface area contributed by atoms with Crippen molar-refractivity contribution in [3.05, 3.63) is 35.4 Å². The van der Waals surface area contributed by atoms with E-state index in [4.69, 9.17) is 9.47 Å². The Labute approximate surface area is 114 Å². The number of hydrogen-bond acceptors (Lipinski definition) is 2. The van der Waals surface area contributed by atoms with Gasteiger partial charge in [-0.3, -0.25) is 0 Å². The molecule has 0 spiro atoms. The molecule has 1 fully saturated rings. The third-order valence-electron chi connectivity index (χ3n) is 4.39. The lowest BCUT2D eigenvalue weighted by Crippen LogP contribution is -2.36. The van der Waals surface area contributed by atoms with E-state index >= 15 is 0 Å². The predicted octanol–water partition coefficient (Wildman–Crippen LogP) is 2.67. The van der Waals surface area contributed by atoms with E-state index in [1.165, 1.54) is 11.1 Å². The van der Waals surface area contributed by atoms with Crippen LogP contribution in [0, 0.1) is 6.92 Å². The molecule has 2 atom stereocenters. The molecule has 102 valence electrons. The predicted molar refractivity (Wildman–Crippen MR) is 74.6 cm³/mol. The third-order valence-corrected chi connectivity index (χ3v) is 4.39. The van der Waals surface area contributed by atoms with Gasteiger partial charge >= 0.3 is 5.90 Å². The SMILES string of the molecule is Cc1ccc([C@@H]2O[C@]2(C)C2=[N+](C)C(C)(C)CO2)cc1. The molecule has 0 saturated carbocycles. The van der Waals surface area contributed by atoms with Gasteiger partial charge in [0.2, 0.25) is 5.60 Å². The van der Waals surface area contributed by atoms with Gasteiger partial charge in [-0.15, -0.1) is 0 Å². The molecule has 19 heavy (non-hydrogen) atoms. The van der Waals surface area contributed by atoms with Crippen molar-refractivity contribution in [2.24, 2.45) is 0 Å². The van der Waals surface area contributed by atoms with Crippen LogP contribution >= 0.6 is 0 Å². The number of rotatable bonds is 2. The molecular formula is C16H22NO2+. The van der Waals surface area contributed by atoms with Crippen LogP contribution in [0.1, 0.15) is 38.0 Å². The molecule has 2 aliphatic heterocycles. The number of hydrogen-bond donors (Lipinski definition) is 0. The molecule has 1 aromatic carbocycles. The van der Waals surface area contributed by atoms with Crippen LogP contribution < -0.4 is 0 Å². The van der Waals surface area contributed by atoms with Crippen molar-refractivity contribution < 1.29 is 14.0 Å². The Hall–Kier alpha value is -1.35. The molecule has 0 amide bonds. The quantitative estimate of drug-likeness (QED) is 0.603. The second-order valence-electron chi connectivity index (χ2n) is 6.48. The highest BCUT2D eigenvalue weighted by Gasteiger charge is 2.66. The minimum absolute atomic E-state index is 0.0438. The van der Waals surface area contributed by atoms with Crippen molar-refractivity contribution >= 4 is 5.90 Å². The number of aryl methyl sites for hydroxylation is 1. The van der Waals surface area contributed by atoms with Crippen LogP contribution in [0.3, 0.4) is 0 Å². The topological polar surface area (TPSA) is 24.8 Å². The molecule has 0 N–H and O–H groups in total. The third kappa shape index (κ3) is 1.88. The molecule has 3 nitrogen and oxygen atoms in total. The molecule has 0 radical (unpaired) electrons. The second kappa shape index (κ2) is 3.83. The number of benzene rings is 1. The van der Waals surface area contributed by atoms with Crippen molar-refractivity contribution in [1.82, 2.24) is 0 Å². The zero-order valence-corrected chi connectivity index (χ0v) is 12.4. The Balaban J connectivity index is 1.88. The standard InChI is InChI=1S/C16H22NO2/c1-11-6-8-12(9-7-11)13-16(4,19-13)14-17(5)15(2,3)10-18-14/h6-9,13H,10H2,1-5H3/q+1/t13-,16-/m0/s1. The van der Waals surface area contributed by atoms with Gasteiger partial charge in [-0.1, -0.05) is 29.8 Å². The van der Waals surface area contributed by atoms with E-state index in [0.717, 1.165) is 12.5 Å². The van der Waals surface area contributed by atoms with Crippen LogP contribution in [0.15, 0.2) is 24.3 Å². The summed E-state index contributed by atoms with van der Waals surface area (Å²) >= 11 is 0. The maximum absolute atomic E-state index is 5.97. The van der Waals surface area contributed by atoms with Crippen LogP contribution in [0.2, 0.25) is 0 Å². The number of epoxide rings is 1. The maximum atomic E-state index is 5.97. The summed E-state index contributed by atoms with van der Waals surface area (Å²) in [6.45, 7) is 9.31. The first kappa shape index (κ1) is 12.7. The first-order valence-corrected chi connectivity index (χ1v) is 6.83. The van der Waals surface area contributed by atoms with E-state index in [0.29, 0.717) is 0 Å². The summed E-state index contributed by atoms with van der Waals surface area (Å²) < 4.78 is 14.1. The highest BCUT2D eigenvalue weighted by Crippen LogP contribution is 2.51. The van der Waals surface area contributed by atoms with Crippen molar-refractivity contribution in [2.75, 3.05) is 13.7 Å². The Kier molecular flexibility index (Phi) is 2.55. The summed E-state index contributed by atoms with van der Waals surface area (Å²) in [6, 6.07) is 8.55. The lowest BCUT2D eigenvalue weighted by Gasteiger charge is -2.10. The van der Waals surface area contributed by atoms with Gasteiger partial charge in [0, 0.05) is 13.8 Å². The fraction of sp³-hybridized carbons (Fsp3) is 0.562. The Bertz CT molecular complexity index is 544. The van der Waals surface area contributed by atoms with Gasteiger partial charge in [0.1, 0.15) is 13.2 Å². The monoisotopic (exact) mass is 260 g/mol. The molecule has 1 saturated heterocycles. The molecule has 2 aliphatic rings. The first-order valence-electron chi connectivity index (χ1n) is 6.83. The minimum Gasteiger partial charge on any atom is -0.438 e. The largest absolute Gasteiger partial charge is 0.438 e. The molecule has 0 unspecified atom stereocenters. The van der Waals surface area contributed by atoms with E-state index in [9.17, 15) is 0 Å². The van der Waals surface area contributed by atoms with Crippen LogP contribution in [-0.2, 0) is 9.47 Å². The van der Waals surface area contributed by atoms with Crippen molar-refractivity contribution in [3.63, 3.8) is 0 Å². The molecule has 3 heteroatoms. The lowest BCUT2D eigenvalue weighted by molar-refractivity contribution is -0.564. The highest BCUT2D eigenvalue weighted by atomic mass is 16.6. The summed E-state index contributed by atoms with van der Waals surface area (Å²) in [5.41, 5.74) is 2.23. The molecule has 0 bridgehead atoms. The van der Waals surface area contributed by atoms with Crippen LogP contribution in [0.25, 0.3) is 0 Å². The van der Waals surface area contributed by atoms with Gasteiger partial charge in [0.25, 0.3) is 0 Å². The number of likely N-dealkylation sites (N-methyl/N-ethyl adjacent to an activating group) is 1. The maximum Gasteiger partial charge on any atom is 0.372 e. The van der Waals surface area contributed by atoms with Crippen LogP contribution in [-0.4, -0.2) is 35.3 Å². The van der Waals surface area contributed by atoms with Crippen LogP contribution in [0.4, 0.5) is 0 Å². The number of ether oxygens (including phenoxy) is 2. The Morgan fingerprint density at radius 3 is 2.32 bits per heavy atom. The van der Waals surface area contributed by atoms with Crippen molar-refractivity contribution in [1.29, 1.82) is 0 Å². The van der Waals surface area contributed by atoms with E-state index in [-0.39, 0.29) is 17.2 Å². The van der Waals surface area contributed by atoms with Gasteiger partial charge in [0.05, 0.1) is 0 Å². The Morgan fingerprint density at radius 2 is 1.79 bits per heavy atom. The lowest BCUT2D eigenvalue weighted by atomic mass is 9.99. The van der Waals surface area contributed by atoms with E-state index in [2.05, 4.69) is 63.6 Å². The van der Waals surface area contributed by atoms with Gasteiger partial charge in [-0.2, -0.15) is 4.58 Å². The summed E-state index contributed by atoms with van der Waals surface area (Å²) in [6.07, 6.45) is 0.111. The average molecular weight is 260 g/mol. The minimum atomic E-state index is -0.308. The smallest absolute Gasteiger partial charge is 0.372 e. The fourth-order valence-electron chi connectivity index (χ4n) is 2.69. The summed E-state index contributed by atoms with van der Waals surface area (Å²) in [5.74, 6) is 0.961. The van der Waals surface area contributed by atoms with Crippen molar-refractivity contribution in [3.8, 4) is 0 Å². The average Bonchev–Trinajstić information content (AvgIpc) is 2.94. The summed E-state index contributed by atoms with van der Waals surface area (Å²) in [5, 5.41) is 0. The fourth-order valence-corrected chi connectivity index (χ4v) is 2.69. The van der Waals surface area contributed by atoms with Gasteiger partial charge < -0.3 is 9.47 Å². The zero-order chi connectivity index (χ0) is 13.8. The van der Waals surface area contributed by atoms with Gasteiger partial charge in [0.15, 0.2) is 12.1 Å². The van der Waals surface area contributed by atoms with E-state index < -0.39 is 0 Å². The molecular weight excluding hydrogens is 238 g/mol. The molecule has 1 aromatic rings. The van der Waals surface area contributed by atoms with E-state index in [1.807, 2.05) is 0 Å². The number of nitrogens with zero attached hydrogens (tertiary/aromatic N) is 1. The summed E-state index contributed by atoms with van der Waals surface area (Å²) in [7, 11) is 2.08. The molecule has 0 aliphatic carbocycles. The highest BCUT2D eigenvalue weighted by molar-refractivity contribution is 5.85. The molecule has 2 heterocycles. The first-order chi connectivity index (χ1) is 8.84. The summed E-state index contributed by atoms with van der Waals surface area (Å²) in [4.78, 5) is 0. The molecule has 0 aromatic heterocycles. The normalized spacial score (nSPS) is 32.4. The Morgan fingerprint density at radius 1 is 1.16 bits per heavy atom. The van der Waals surface area contributed by atoms with E-state index in [1.54, 1.807) is 0 Å². The van der Waals surface area contributed by atoms with Crippen LogP contribution in [0.5, 0.6) is 0 Å². The van der Waals surface area contributed by atoms with Gasteiger partial charge in [-0.25, -0.2) is 0 Å². The second-order valence-corrected chi connectivity index (χ2v) is 6.48. The molecule has 3 rings (SSSR count). The van der Waals surface area contributed by atoms with Gasteiger partial charge in [-0.05, 0) is 19.4 Å².